The van der Waals surface area contributed by atoms with Crippen molar-refractivity contribution >= 4 is 43.2 Å². The van der Waals surface area contributed by atoms with Gasteiger partial charge in [0.05, 0.1) is 4.58 Å². The van der Waals surface area contributed by atoms with E-state index in [1.54, 1.807) is 0 Å². The Balaban J connectivity index is 1.63. The minimum absolute atomic E-state index is 0.00163. The number of hydrogen-bond donors (Lipinski definition) is 1. The average molecular weight is 487 g/mol. The Bertz CT molecular complexity index is 614. The van der Waals surface area contributed by atoms with E-state index in [1.165, 1.54) is 63.4 Å². The average Bonchev–Trinajstić information content (AvgIpc) is 2.88. The molecule has 1 heterocycles. The molecule has 0 bridgehead atoms. The highest BCUT2D eigenvalue weighted by molar-refractivity contribution is 9.10. The summed E-state index contributed by atoms with van der Waals surface area (Å²) in [5, 5.41) is 12.0. The van der Waals surface area contributed by atoms with Crippen molar-refractivity contribution in [1.82, 2.24) is 0 Å². The lowest BCUT2D eigenvalue weighted by molar-refractivity contribution is 0.445. The number of unbranched alkanes of at least 4 members (excludes halogenated alkanes) is 4. The van der Waals surface area contributed by atoms with Crippen molar-refractivity contribution in [3.63, 3.8) is 0 Å². The molecule has 0 amide bonds. The molecule has 1 N–H and O–H groups in total. The summed E-state index contributed by atoms with van der Waals surface area (Å²) in [6, 6.07) is 6.29. The molecule has 3 unspecified atom stereocenters. The summed E-state index contributed by atoms with van der Waals surface area (Å²) < 4.78 is 0.791. The van der Waals surface area contributed by atoms with Gasteiger partial charge in [-0.05, 0) is 64.5 Å². The van der Waals surface area contributed by atoms with E-state index in [0.29, 0.717) is 5.75 Å². The van der Waals surface area contributed by atoms with E-state index in [1.807, 2.05) is 6.07 Å². The second-order valence-electron chi connectivity index (χ2n) is 9.51. The Hall–Kier alpha value is 0.420. The van der Waals surface area contributed by atoms with Crippen molar-refractivity contribution in [3.05, 3.63) is 29.3 Å². The third-order valence-corrected chi connectivity index (χ3v) is 13.3. The fourth-order valence-corrected chi connectivity index (χ4v) is 12.7. The van der Waals surface area contributed by atoms with Crippen LogP contribution in [0, 0.1) is 0 Å². The maximum absolute atomic E-state index is 10.3. The molecule has 30 heavy (non-hydrogen) atoms. The molecule has 1 nitrogen and oxygen atoms in total. The molecule has 0 aliphatic carbocycles. The van der Waals surface area contributed by atoms with Crippen molar-refractivity contribution in [2.45, 2.75) is 119 Å². The Morgan fingerprint density at radius 3 is 2.30 bits per heavy atom. The molecule has 172 valence electrons. The van der Waals surface area contributed by atoms with Crippen LogP contribution in [-0.4, -0.2) is 20.2 Å². The first-order chi connectivity index (χ1) is 14.3. The van der Waals surface area contributed by atoms with Gasteiger partial charge in [-0.2, -0.15) is 0 Å². The molecule has 1 fully saturated rings. The van der Waals surface area contributed by atoms with Crippen LogP contribution in [0.5, 0.6) is 5.75 Å². The van der Waals surface area contributed by atoms with Crippen LogP contribution in [0.3, 0.4) is 0 Å². The van der Waals surface area contributed by atoms with Crippen molar-refractivity contribution < 1.29 is 5.11 Å². The molecule has 1 aromatic carbocycles. The zero-order valence-corrected chi connectivity index (χ0v) is 22.9. The molecular formula is C25H42OS4. The SMILES string of the molecule is CCCC1SSSC(CCCCCCCc2ccc(C(C)(C)C)c(O)c2)C(CC)S1. The minimum Gasteiger partial charge on any atom is -0.508 e. The number of thioether (sulfide) groups is 1. The quantitative estimate of drug-likeness (QED) is 0.247. The van der Waals surface area contributed by atoms with Crippen LogP contribution in [0.4, 0.5) is 0 Å². The molecular weight excluding hydrogens is 445 g/mol. The summed E-state index contributed by atoms with van der Waals surface area (Å²) in [6.07, 6.45) is 13.0. The number of phenols is 1. The summed E-state index contributed by atoms with van der Waals surface area (Å²) in [6.45, 7) is 11.1. The predicted octanol–water partition coefficient (Wildman–Crippen LogP) is 9.62. The highest BCUT2D eigenvalue weighted by Gasteiger charge is 2.28. The van der Waals surface area contributed by atoms with Crippen molar-refractivity contribution in [1.29, 1.82) is 0 Å². The lowest BCUT2D eigenvalue weighted by Crippen LogP contribution is -2.19. The molecule has 1 saturated heterocycles. The first-order valence-electron chi connectivity index (χ1n) is 11.8. The first-order valence-corrected chi connectivity index (χ1v) is 16.4. The predicted molar refractivity (Wildman–Crippen MR) is 145 cm³/mol. The summed E-state index contributed by atoms with van der Waals surface area (Å²) in [4.78, 5) is 0. The summed E-state index contributed by atoms with van der Waals surface area (Å²) in [5.41, 5.74) is 2.32. The zero-order valence-electron chi connectivity index (χ0n) is 19.6. The van der Waals surface area contributed by atoms with E-state index < -0.39 is 0 Å². The fourth-order valence-electron chi connectivity index (χ4n) is 4.00. The van der Waals surface area contributed by atoms with Crippen LogP contribution < -0.4 is 0 Å². The van der Waals surface area contributed by atoms with E-state index in [9.17, 15) is 5.11 Å². The molecule has 2 rings (SSSR count). The van der Waals surface area contributed by atoms with Crippen molar-refractivity contribution in [3.8, 4) is 5.75 Å². The Morgan fingerprint density at radius 1 is 0.900 bits per heavy atom. The van der Waals surface area contributed by atoms with Gasteiger partial charge < -0.3 is 5.11 Å². The number of aromatic hydroxyl groups is 1. The maximum Gasteiger partial charge on any atom is 0.119 e. The topological polar surface area (TPSA) is 20.2 Å². The normalized spacial score (nSPS) is 22.8. The summed E-state index contributed by atoms with van der Waals surface area (Å²) in [7, 11) is 6.31. The second kappa shape index (κ2) is 13.9. The largest absolute Gasteiger partial charge is 0.508 e. The van der Waals surface area contributed by atoms with Gasteiger partial charge in [-0.3, -0.25) is 0 Å². The molecule has 0 aromatic heterocycles. The van der Waals surface area contributed by atoms with E-state index in [-0.39, 0.29) is 5.41 Å². The van der Waals surface area contributed by atoms with E-state index >= 15 is 0 Å². The van der Waals surface area contributed by atoms with Gasteiger partial charge in [0.25, 0.3) is 0 Å². The lowest BCUT2D eigenvalue weighted by Gasteiger charge is -2.23. The summed E-state index contributed by atoms with van der Waals surface area (Å²) in [5.74, 6) is 0.460. The fraction of sp³-hybridized carbons (Fsp3) is 0.760. The minimum atomic E-state index is 0.00163. The molecule has 1 aromatic rings. The molecule has 1 aliphatic rings. The zero-order chi connectivity index (χ0) is 22.0. The number of benzene rings is 1. The first kappa shape index (κ1) is 26.7. The van der Waals surface area contributed by atoms with Gasteiger partial charge in [-0.25, -0.2) is 0 Å². The summed E-state index contributed by atoms with van der Waals surface area (Å²) >= 11 is 2.26. The van der Waals surface area contributed by atoms with E-state index in [0.717, 1.165) is 27.1 Å². The smallest absolute Gasteiger partial charge is 0.119 e. The van der Waals surface area contributed by atoms with Gasteiger partial charge in [0.2, 0.25) is 0 Å². The van der Waals surface area contributed by atoms with Gasteiger partial charge in [0, 0.05) is 10.5 Å². The lowest BCUT2D eigenvalue weighted by atomic mass is 9.85. The molecule has 3 atom stereocenters. The van der Waals surface area contributed by atoms with Gasteiger partial charge in [-0.15, -0.1) is 11.8 Å². The highest BCUT2D eigenvalue weighted by Crippen LogP contribution is 2.54. The van der Waals surface area contributed by atoms with E-state index in [2.05, 4.69) is 89.9 Å². The van der Waals surface area contributed by atoms with Crippen LogP contribution in [-0.2, 0) is 11.8 Å². The Kier molecular flexibility index (Phi) is 12.3. The van der Waals surface area contributed by atoms with Crippen molar-refractivity contribution in [2.75, 3.05) is 0 Å². The van der Waals surface area contributed by atoms with Crippen LogP contribution in [0.2, 0.25) is 0 Å². The molecule has 0 saturated carbocycles. The van der Waals surface area contributed by atoms with Crippen LogP contribution in [0.15, 0.2) is 18.2 Å². The number of phenolic OH excluding ortho intramolecular Hbond substituents is 1. The maximum atomic E-state index is 10.3. The van der Waals surface area contributed by atoms with Crippen LogP contribution in [0.25, 0.3) is 0 Å². The molecule has 0 spiro atoms. The Morgan fingerprint density at radius 2 is 1.63 bits per heavy atom. The van der Waals surface area contributed by atoms with Crippen LogP contribution in [0.1, 0.15) is 104 Å². The molecule has 5 heteroatoms. The standard InChI is InChI=1S/C25H42OS4/c1-6-13-24-27-22(7-2)23(28-30-29-24)15-12-10-8-9-11-14-19-16-17-20(21(26)18-19)25(3,4)5/h16-18,22-24,26H,6-15H2,1-5H3. The monoisotopic (exact) mass is 486 g/mol. The van der Waals surface area contributed by atoms with Crippen LogP contribution >= 0.6 is 43.2 Å². The molecule has 1 aliphatic heterocycles. The van der Waals surface area contributed by atoms with Crippen molar-refractivity contribution in [2.24, 2.45) is 0 Å². The number of aryl methyl sites for hydroxylation is 1. The third kappa shape index (κ3) is 9.11. The second-order valence-corrected chi connectivity index (χ2v) is 15.7. The van der Waals surface area contributed by atoms with Gasteiger partial charge in [0.1, 0.15) is 5.75 Å². The van der Waals surface area contributed by atoms with Gasteiger partial charge in [0.15, 0.2) is 0 Å². The Labute approximate surface area is 201 Å². The van der Waals surface area contributed by atoms with Gasteiger partial charge >= 0.3 is 0 Å². The number of rotatable bonds is 11. The van der Waals surface area contributed by atoms with Gasteiger partial charge in [-0.1, -0.05) is 100 Å². The third-order valence-electron chi connectivity index (χ3n) is 5.80. The highest BCUT2D eigenvalue weighted by atomic mass is 33.5. The van der Waals surface area contributed by atoms with E-state index in [4.69, 9.17) is 0 Å². The number of hydrogen-bond acceptors (Lipinski definition) is 5. The molecule has 0 radical (unpaired) electrons.